The average Bonchev–Trinajstić information content (AvgIpc) is 3.59. The molecule has 166 valence electrons. The van der Waals surface area contributed by atoms with Crippen LogP contribution in [0.2, 0.25) is 0 Å². The van der Waals surface area contributed by atoms with E-state index in [-0.39, 0.29) is 11.9 Å². The lowest BCUT2D eigenvalue weighted by atomic mass is 10.1. The van der Waals surface area contributed by atoms with Crippen molar-refractivity contribution in [3.8, 4) is 0 Å². The van der Waals surface area contributed by atoms with Gasteiger partial charge in [-0.1, -0.05) is 30.0 Å². The number of aryl methyl sites for hydroxylation is 1. The molecular weight excluding hydrogens is 442 g/mol. The third-order valence-electron chi connectivity index (χ3n) is 5.75. The molecule has 4 heterocycles. The number of para-hydroxylation sites is 1. The summed E-state index contributed by atoms with van der Waals surface area (Å²) in [6.45, 7) is 4.49. The summed E-state index contributed by atoms with van der Waals surface area (Å²) in [5.41, 5.74) is 2.65. The predicted octanol–water partition coefficient (Wildman–Crippen LogP) is 5.65. The first-order valence-electron chi connectivity index (χ1n) is 10.8. The Morgan fingerprint density at radius 1 is 1.25 bits per heavy atom. The van der Waals surface area contributed by atoms with Gasteiger partial charge in [-0.25, -0.2) is 4.98 Å². The fourth-order valence-corrected chi connectivity index (χ4v) is 6.05. The molecule has 0 radical (unpaired) electrons. The summed E-state index contributed by atoms with van der Waals surface area (Å²) in [5, 5.41) is 6.12. The van der Waals surface area contributed by atoms with E-state index in [1.54, 1.807) is 29.4 Å². The molecule has 3 aromatic heterocycles. The molecular formula is C24H25N3O3S2. The molecule has 1 aromatic carbocycles. The van der Waals surface area contributed by atoms with Gasteiger partial charge in [0.05, 0.1) is 12.3 Å². The van der Waals surface area contributed by atoms with Crippen molar-refractivity contribution in [2.75, 3.05) is 19.6 Å². The minimum absolute atomic E-state index is 0.0250. The molecule has 5 rings (SSSR count). The summed E-state index contributed by atoms with van der Waals surface area (Å²) >= 11 is 3.25. The van der Waals surface area contributed by atoms with Crippen LogP contribution in [0, 0.1) is 6.92 Å². The number of furan rings is 2. The zero-order valence-electron chi connectivity index (χ0n) is 17.9. The molecule has 0 aliphatic carbocycles. The van der Waals surface area contributed by atoms with Crippen LogP contribution in [0.15, 0.2) is 61.2 Å². The molecule has 0 bridgehead atoms. The van der Waals surface area contributed by atoms with Gasteiger partial charge < -0.3 is 14.2 Å². The van der Waals surface area contributed by atoms with Crippen molar-refractivity contribution in [3.05, 3.63) is 70.8 Å². The molecule has 1 fully saturated rings. The second kappa shape index (κ2) is 9.52. The smallest absolute Gasteiger partial charge is 0.287 e. The van der Waals surface area contributed by atoms with Crippen molar-refractivity contribution in [1.29, 1.82) is 0 Å². The minimum atomic E-state index is -0.192. The number of nitrogens with zero attached hydrogens (tertiary/aromatic N) is 2. The van der Waals surface area contributed by atoms with Gasteiger partial charge in [0.25, 0.3) is 5.91 Å². The monoisotopic (exact) mass is 467 g/mol. The summed E-state index contributed by atoms with van der Waals surface area (Å²) in [6, 6.07) is 11.7. The standard InChI is InChI=1S/C24H25N3O3S2/c1-16-14-31-24(26-16)32-15-18-17-7-2-3-8-20(17)30-22(18)23(28)25-13-19(21-9-6-12-29-21)27-10-4-5-11-27/h2-3,6-9,12,14,19H,4-5,10-11,13,15H2,1H3,(H,25,28)/t19-/m0/s1. The second-order valence-electron chi connectivity index (χ2n) is 7.93. The molecule has 1 saturated heterocycles. The van der Waals surface area contributed by atoms with Gasteiger partial charge in [0.15, 0.2) is 5.76 Å². The normalized spacial score (nSPS) is 15.4. The minimum Gasteiger partial charge on any atom is -0.468 e. The maximum atomic E-state index is 13.3. The lowest BCUT2D eigenvalue weighted by Gasteiger charge is -2.25. The number of likely N-dealkylation sites (tertiary alicyclic amines) is 1. The van der Waals surface area contributed by atoms with Crippen LogP contribution in [0.4, 0.5) is 0 Å². The second-order valence-corrected chi connectivity index (χ2v) is 10.0. The molecule has 0 saturated carbocycles. The first-order valence-corrected chi connectivity index (χ1v) is 12.7. The van der Waals surface area contributed by atoms with Gasteiger partial charge in [-0.3, -0.25) is 9.69 Å². The number of thioether (sulfide) groups is 1. The molecule has 1 N–H and O–H groups in total. The van der Waals surface area contributed by atoms with Gasteiger partial charge in [-0.2, -0.15) is 0 Å². The Morgan fingerprint density at radius 2 is 2.09 bits per heavy atom. The van der Waals surface area contributed by atoms with Crippen molar-refractivity contribution in [1.82, 2.24) is 15.2 Å². The fourth-order valence-electron chi connectivity index (χ4n) is 4.17. The zero-order chi connectivity index (χ0) is 21.9. The fraction of sp³-hybridized carbons (Fsp3) is 0.333. The molecule has 1 amide bonds. The van der Waals surface area contributed by atoms with Crippen LogP contribution in [0.5, 0.6) is 0 Å². The van der Waals surface area contributed by atoms with E-state index in [9.17, 15) is 4.79 Å². The van der Waals surface area contributed by atoms with Gasteiger partial charge in [-0.15, -0.1) is 11.3 Å². The molecule has 32 heavy (non-hydrogen) atoms. The lowest BCUT2D eigenvalue weighted by molar-refractivity contribution is 0.0907. The van der Waals surface area contributed by atoms with Gasteiger partial charge >= 0.3 is 0 Å². The molecule has 1 atom stereocenters. The van der Waals surface area contributed by atoms with Gasteiger partial charge in [0.1, 0.15) is 15.7 Å². The third kappa shape index (κ3) is 4.48. The summed E-state index contributed by atoms with van der Waals surface area (Å²) in [5.74, 6) is 1.70. The Balaban J connectivity index is 1.36. The van der Waals surface area contributed by atoms with Crippen LogP contribution in [0.3, 0.4) is 0 Å². The molecule has 1 aliphatic heterocycles. The van der Waals surface area contributed by atoms with Crippen molar-refractivity contribution in [3.63, 3.8) is 0 Å². The predicted molar refractivity (Wildman–Crippen MR) is 127 cm³/mol. The largest absolute Gasteiger partial charge is 0.468 e. The Labute approximate surface area is 195 Å². The summed E-state index contributed by atoms with van der Waals surface area (Å²) in [4.78, 5) is 20.2. The van der Waals surface area contributed by atoms with Crippen molar-refractivity contribution < 1.29 is 13.6 Å². The summed E-state index contributed by atoms with van der Waals surface area (Å²) in [6.07, 6.45) is 4.04. The van der Waals surface area contributed by atoms with E-state index in [0.717, 1.165) is 45.4 Å². The summed E-state index contributed by atoms with van der Waals surface area (Å²) < 4.78 is 12.7. The summed E-state index contributed by atoms with van der Waals surface area (Å²) in [7, 11) is 0. The van der Waals surface area contributed by atoms with Gasteiger partial charge in [0, 0.05) is 34.3 Å². The molecule has 1 aliphatic rings. The van der Waals surface area contributed by atoms with Crippen LogP contribution in [0.1, 0.15) is 46.5 Å². The number of aromatic nitrogens is 1. The van der Waals surface area contributed by atoms with Crippen LogP contribution >= 0.6 is 23.1 Å². The number of rotatable bonds is 8. The van der Waals surface area contributed by atoms with E-state index in [4.69, 9.17) is 8.83 Å². The van der Waals surface area contributed by atoms with Crippen molar-refractivity contribution in [2.24, 2.45) is 0 Å². The van der Waals surface area contributed by atoms with Crippen LogP contribution in [-0.4, -0.2) is 35.4 Å². The van der Waals surface area contributed by atoms with Crippen molar-refractivity contribution in [2.45, 2.75) is 35.9 Å². The van der Waals surface area contributed by atoms with E-state index in [2.05, 4.69) is 15.2 Å². The first-order chi connectivity index (χ1) is 15.7. The Bertz CT molecular complexity index is 1190. The number of hydrogen-bond donors (Lipinski definition) is 1. The van der Waals surface area contributed by atoms with E-state index in [0.29, 0.717) is 18.1 Å². The SMILES string of the molecule is Cc1csc(SCc2c(C(=O)NC[C@@H](c3ccco3)N3CCCC3)oc3ccccc23)n1. The third-order valence-corrected chi connectivity index (χ3v) is 7.92. The number of carbonyl (C=O) groups excluding carboxylic acids is 1. The quantitative estimate of drug-likeness (QED) is 0.338. The average molecular weight is 468 g/mol. The topological polar surface area (TPSA) is 71.5 Å². The number of hydrogen-bond acceptors (Lipinski definition) is 7. The molecule has 4 aromatic rings. The molecule has 6 nitrogen and oxygen atoms in total. The van der Waals surface area contributed by atoms with E-state index < -0.39 is 0 Å². The molecule has 8 heteroatoms. The highest BCUT2D eigenvalue weighted by molar-refractivity contribution is 8.00. The number of thiazole rings is 1. The van der Waals surface area contributed by atoms with Crippen LogP contribution < -0.4 is 5.32 Å². The van der Waals surface area contributed by atoms with Gasteiger partial charge in [0.2, 0.25) is 0 Å². The van der Waals surface area contributed by atoms with Gasteiger partial charge in [-0.05, 0) is 51.1 Å². The number of carbonyl (C=O) groups is 1. The Hall–Kier alpha value is -2.55. The van der Waals surface area contributed by atoms with Crippen molar-refractivity contribution >= 4 is 40.0 Å². The molecule has 0 spiro atoms. The number of fused-ring (bicyclic) bond motifs is 1. The van der Waals surface area contributed by atoms with E-state index in [1.807, 2.05) is 48.7 Å². The molecule has 0 unspecified atom stereocenters. The Morgan fingerprint density at radius 3 is 2.84 bits per heavy atom. The lowest BCUT2D eigenvalue weighted by Crippen LogP contribution is -2.36. The van der Waals surface area contributed by atoms with E-state index >= 15 is 0 Å². The maximum absolute atomic E-state index is 13.3. The zero-order valence-corrected chi connectivity index (χ0v) is 19.5. The highest BCUT2D eigenvalue weighted by Crippen LogP contribution is 2.33. The van der Waals surface area contributed by atoms with Crippen LogP contribution in [0.25, 0.3) is 11.0 Å². The number of amides is 1. The van der Waals surface area contributed by atoms with Crippen LogP contribution in [-0.2, 0) is 5.75 Å². The highest BCUT2D eigenvalue weighted by atomic mass is 32.2. The Kier molecular flexibility index (Phi) is 6.34. The maximum Gasteiger partial charge on any atom is 0.287 e. The number of nitrogens with one attached hydrogen (secondary N) is 1. The van der Waals surface area contributed by atoms with E-state index in [1.165, 1.54) is 12.8 Å². The highest BCUT2D eigenvalue weighted by Gasteiger charge is 2.27. The number of benzene rings is 1. The first kappa shape index (κ1) is 21.3.